The molecule has 96 valence electrons. The number of aliphatic carboxylic acids is 1. The fourth-order valence-corrected chi connectivity index (χ4v) is 1.99. The molecule has 0 amide bonds. The van der Waals surface area contributed by atoms with Crippen molar-refractivity contribution < 1.29 is 9.90 Å². The highest BCUT2D eigenvalue weighted by molar-refractivity contribution is 7.80. The highest BCUT2D eigenvalue weighted by Gasteiger charge is 2.20. The van der Waals surface area contributed by atoms with Crippen LogP contribution in [0.25, 0.3) is 0 Å². The average Bonchev–Trinajstić information content (AvgIpc) is 2.46. The van der Waals surface area contributed by atoms with E-state index >= 15 is 0 Å². The standard InChI is InChI=1S/C15H13NO2S/c17-15(18)13(11-7-3-1-4-8-11)16-14(19)12-9-5-2-6-10-12/h1-10,13H,(H,16,19)(H,17,18)/t13-/m0/s1. The first kappa shape index (κ1) is 13.2. The number of benzene rings is 2. The van der Waals surface area contributed by atoms with Gasteiger partial charge in [-0.1, -0.05) is 72.9 Å². The predicted octanol–water partition coefficient (Wildman–Crippen LogP) is 2.78. The van der Waals surface area contributed by atoms with Gasteiger partial charge >= 0.3 is 5.97 Å². The molecule has 0 bridgehead atoms. The van der Waals surface area contributed by atoms with Crippen molar-refractivity contribution in [2.24, 2.45) is 0 Å². The van der Waals surface area contributed by atoms with E-state index < -0.39 is 12.0 Å². The molecule has 4 heteroatoms. The van der Waals surface area contributed by atoms with E-state index in [1.54, 1.807) is 24.3 Å². The van der Waals surface area contributed by atoms with Crippen molar-refractivity contribution in [1.82, 2.24) is 5.32 Å². The van der Waals surface area contributed by atoms with Crippen LogP contribution in [-0.4, -0.2) is 16.1 Å². The molecule has 2 aromatic rings. The molecule has 0 radical (unpaired) electrons. The van der Waals surface area contributed by atoms with Crippen LogP contribution in [0.3, 0.4) is 0 Å². The van der Waals surface area contributed by atoms with Gasteiger partial charge in [0.05, 0.1) is 0 Å². The number of nitrogens with one attached hydrogen (secondary N) is 1. The Balaban J connectivity index is 2.19. The summed E-state index contributed by atoms with van der Waals surface area (Å²) in [5.74, 6) is -0.954. The number of hydrogen-bond donors (Lipinski definition) is 2. The summed E-state index contributed by atoms with van der Waals surface area (Å²) in [6.45, 7) is 0. The van der Waals surface area contributed by atoms with Crippen molar-refractivity contribution in [2.45, 2.75) is 6.04 Å². The highest BCUT2D eigenvalue weighted by atomic mass is 32.1. The Morgan fingerprint density at radius 3 is 2.05 bits per heavy atom. The normalized spacial score (nSPS) is 11.6. The summed E-state index contributed by atoms with van der Waals surface area (Å²) in [4.78, 5) is 11.8. The SMILES string of the molecule is O=C(O)[C@@H](NC(=S)c1ccccc1)c1ccccc1. The maximum absolute atomic E-state index is 11.3. The van der Waals surface area contributed by atoms with Crippen molar-refractivity contribution in [2.75, 3.05) is 0 Å². The van der Waals surface area contributed by atoms with Gasteiger partial charge in [-0.25, -0.2) is 4.79 Å². The molecule has 0 aliphatic heterocycles. The molecule has 0 aromatic heterocycles. The summed E-state index contributed by atoms with van der Waals surface area (Å²) in [6.07, 6.45) is 0. The number of rotatable bonds is 4. The molecule has 0 heterocycles. The van der Waals surface area contributed by atoms with Crippen LogP contribution in [-0.2, 0) is 4.79 Å². The minimum absolute atomic E-state index is 0.428. The van der Waals surface area contributed by atoms with E-state index in [0.717, 1.165) is 5.56 Å². The van der Waals surface area contributed by atoms with Crippen molar-refractivity contribution >= 4 is 23.2 Å². The maximum Gasteiger partial charge on any atom is 0.330 e. The molecule has 2 N–H and O–H groups in total. The van der Waals surface area contributed by atoms with E-state index in [4.69, 9.17) is 12.2 Å². The molecule has 0 unspecified atom stereocenters. The summed E-state index contributed by atoms with van der Waals surface area (Å²) in [5.41, 5.74) is 1.48. The smallest absolute Gasteiger partial charge is 0.330 e. The monoisotopic (exact) mass is 271 g/mol. The summed E-state index contributed by atoms with van der Waals surface area (Å²) in [5, 5.41) is 12.2. The number of carboxylic acid groups (broad SMARTS) is 1. The van der Waals surface area contributed by atoms with Crippen LogP contribution < -0.4 is 5.32 Å². The van der Waals surface area contributed by atoms with Crippen LogP contribution in [0, 0.1) is 0 Å². The third kappa shape index (κ3) is 3.39. The van der Waals surface area contributed by atoms with Crippen LogP contribution in [0.4, 0.5) is 0 Å². The molecule has 3 nitrogen and oxygen atoms in total. The van der Waals surface area contributed by atoms with Gasteiger partial charge in [0.25, 0.3) is 0 Å². The summed E-state index contributed by atoms with van der Waals surface area (Å²) in [6, 6.07) is 17.4. The van der Waals surface area contributed by atoms with E-state index in [-0.39, 0.29) is 0 Å². The number of thiocarbonyl (C=S) groups is 1. The van der Waals surface area contributed by atoms with Crippen LogP contribution >= 0.6 is 12.2 Å². The zero-order valence-corrected chi connectivity index (χ0v) is 10.9. The lowest BCUT2D eigenvalue weighted by Gasteiger charge is -2.16. The molecular weight excluding hydrogens is 258 g/mol. The van der Waals surface area contributed by atoms with E-state index in [1.807, 2.05) is 36.4 Å². The second-order valence-corrected chi connectivity index (χ2v) is 4.43. The van der Waals surface area contributed by atoms with Crippen molar-refractivity contribution in [3.05, 3.63) is 71.8 Å². The summed E-state index contributed by atoms with van der Waals surface area (Å²) in [7, 11) is 0. The molecule has 0 saturated carbocycles. The van der Waals surface area contributed by atoms with E-state index in [2.05, 4.69) is 5.32 Å². The first-order valence-electron chi connectivity index (χ1n) is 5.82. The number of carboxylic acids is 1. The largest absolute Gasteiger partial charge is 0.479 e. The molecule has 0 spiro atoms. The Bertz CT molecular complexity index is 569. The van der Waals surface area contributed by atoms with Crippen LogP contribution in [0.2, 0.25) is 0 Å². The average molecular weight is 271 g/mol. The lowest BCUT2D eigenvalue weighted by atomic mass is 10.1. The predicted molar refractivity (Wildman–Crippen MR) is 78.1 cm³/mol. The lowest BCUT2D eigenvalue weighted by molar-refractivity contribution is -0.139. The zero-order valence-electron chi connectivity index (χ0n) is 10.1. The van der Waals surface area contributed by atoms with Gasteiger partial charge in [0.2, 0.25) is 0 Å². The Kier molecular flexibility index (Phi) is 4.26. The maximum atomic E-state index is 11.3. The van der Waals surface area contributed by atoms with Crippen LogP contribution in [0.1, 0.15) is 17.2 Å². The van der Waals surface area contributed by atoms with Gasteiger partial charge in [-0.2, -0.15) is 0 Å². The minimum Gasteiger partial charge on any atom is -0.479 e. The molecule has 1 atom stereocenters. The Morgan fingerprint density at radius 1 is 1.00 bits per heavy atom. The molecule has 0 saturated heterocycles. The second-order valence-electron chi connectivity index (χ2n) is 4.02. The van der Waals surface area contributed by atoms with Gasteiger partial charge in [0, 0.05) is 5.56 Å². The lowest BCUT2D eigenvalue weighted by Crippen LogP contribution is -2.33. The highest BCUT2D eigenvalue weighted by Crippen LogP contribution is 2.14. The topological polar surface area (TPSA) is 49.3 Å². The Labute approximate surface area is 116 Å². The Morgan fingerprint density at radius 2 is 1.53 bits per heavy atom. The Hall–Kier alpha value is -2.20. The van der Waals surface area contributed by atoms with Crippen molar-refractivity contribution in [1.29, 1.82) is 0 Å². The fourth-order valence-electron chi connectivity index (χ4n) is 1.74. The van der Waals surface area contributed by atoms with Gasteiger partial charge < -0.3 is 10.4 Å². The summed E-state index contributed by atoms with van der Waals surface area (Å²) < 4.78 is 0. The van der Waals surface area contributed by atoms with E-state index in [0.29, 0.717) is 10.6 Å². The van der Waals surface area contributed by atoms with Gasteiger partial charge in [0.15, 0.2) is 6.04 Å². The third-order valence-corrected chi connectivity index (χ3v) is 3.04. The first-order chi connectivity index (χ1) is 9.18. The fraction of sp³-hybridized carbons (Fsp3) is 0.0667. The van der Waals surface area contributed by atoms with Crippen LogP contribution in [0.5, 0.6) is 0 Å². The zero-order chi connectivity index (χ0) is 13.7. The van der Waals surface area contributed by atoms with E-state index in [1.165, 1.54) is 0 Å². The number of hydrogen-bond acceptors (Lipinski definition) is 2. The van der Waals surface area contributed by atoms with Gasteiger partial charge in [0.1, 0.15) is 4.99 Å². The third-order valence-electron chi connectivity index (χ3n) is 2.69. The second kappa shape index (κ2) is 6.11. The molecule has 0 fully saturated rings. The van der Waals surface area contributed by atoms with Gasteiger partial charge in [-0.15, -0.1) is 0 Å². The van der Waals surface area contributed by atoms with Gasteiger partial charge in [-0.3, -0.25) is 0 Å². The molecule has 0 aliphatic carbocycles. The molecule has 2 rings (SSSR count). The summed E-state index contributed by atoms with van der Waals surface area (Å²) >= 11 is 5.24. The van der Waals surface area contributed by atoms with Gasteiger partial charge in [-0.05, 0) is 5.56 Å². The first-order valence-corrected chi connectivity index (χ1v) is 6.23. The van der Waals surface area contributed by atoms with Crippen molar-refractivity contribution in [3.8, 4) is 0 Å². The molecule has 19 heavy (non-hydrogen) atoms. The molecule has 2 aromatic carbocycles. The quantitative estimate of drug-likeness (QED) is 0.840. The van der Waals surface area contributed by atoms with Crippen molar-refractivity contribution in [3.63, 3.8) is 0 Å². The van der Waals surface area contributed by atoms with E-state index in [9.17, 15) is 9.90 Å². The molecular formula is C15H13NO2S. The molecule has 0 aliphatic rings. The van der Waals surface area contributed by atoms with Crippen LogP contribution in [0.15, 0.2) is 60.7 Å². The number of carbonyl (C=O) groups is 1. The minimum atomic E-state index is -0.954.